The lowest BCUT2D eigenvalue weighted by molar-refractivity contribution is 0.0997. The smallest absolute Gasteiger partial charge is 0.0220 e. The average Bonchev–Trinajstić information content (AvgIpc) is 1.83. The predicted molar refractivity (Wildman–Crippen MR) is 50.3 cm³/mol. The van der Waals surface area contributed by atoms with Crippen molar-refractivity contribution in [2.45, 2.75) is 40.7 Å². The molecule has 2 heteroatoms. The van der Waals surface area contributed by atoms with Crippen LogP contribution in [0.3, 0.4) is 0 Å². The predicted octanol–water partition coefficient (Wildman–Crippen LogP) is 1.34. The molecule has 0 aliphatic rings. The molecule has 0 amide bonds. The second-order valence-electron chi connectivity index (χ2n) is 4.81. The zero-order chi connectivity index (χ0) is 9.28. The number of rotatable bonds is 2. The third kappa shape index (κ3) is 2.17. The molecule has 1 unspecified atom stereocenters. The van der Waals surface area contributed by atoms with Gasteiger partial charge in [0, 0.05) is 12.6 Å². The van der Waals surface area contributed by atoms with Crippen LogP contribution in [0.4, 0.5) is 0 Å². The van der Waals surface area contributed by atoms with Crippen LogP contribution in [0.5, 0.6) is 0 Å². The Labute approximate surface area is 70.3 Å². The van der Waals surface area contributed by atoms with E-state index in [4.69, 9.17) is 11.5 Å². The van der Waals surface area contributed by atoms with Crippen molar-refractivity contribution in [1.82, 2.24) is 0 Å². The van der Waals surface area contributed by atoms with E-state index in [1.54, 1.807) is 0 Å². The fourth-order valence-corrected chi connectivity index (χ4v) is 0.851. The fourth-order valence-electron chi connectivity index (χ4n) is 0.851. The van der Waals surface area contributed by atoms with Crippen molar-refractivity contribution in [3.63, 3.8) is 0 Å². The van der Waals surface area contributed by atoms with Crippen molar-refractivity contribution >= 4 is 0 Å². The Morgan fingerprint density at radius 1 is 1.09 bits per heavy atom. The molecule has 0 saturated heterocycles. The highest BCUT2D eigenvalue weighted by Gasteiger charge is 2.37. The van der Waals surface area contributed by atoms with Gasteiger partial charge in [0.1, 0.15) is 0 Å². The van der Waals surface area contributed by atoms with Crippen LogP contribution in [0.15, 0.2) is 0 Å². The molecular formula is C9H22N2. The second-order valence-corrected chi connectivity index (χ2v) is 4.81. The largest absolute Gasteiger partial charge is 0.329 e. The summed E-state index contributed by atoms with van der Waals surface area (Å²) in [7, 11) is 0. The Morgan fingerprint density at radius 2 is 1.45 bits per heavy atom. The van der Waals surface area contributed by atoms with Crippen LogP contribution in [0.25, 0.3) is 0 Å². The first kappa shape index (κ1) is 10.9. The second kappa shape index (κ2) is 3.11. The van der Waals surface area contributed by atoms with Gasteiger partial charge in [0.05, 0.1) is 0 Å². The van der Waals surface area contributed by atoms with Crippen LogP contribution in [-0.4, -0.2) is 12.6 Å². The molecule has 0 heterocycles. The lowest BCUT2D eigenvalue weighted by atomic mass is 9.65. The van der Waals surface area contributed by atoms with Gasteiger partial charge in [0.2, 0.25) is 0 Å². The molecule has 0 saturated carbocycles. The van der Waals surface area contributed by atoms with E-state index < -0.39 is 0 Å². The van der Waals surface area contributed by atoms with E-state index in [1.165, 1.54) is 0 Å². The molecule has 0 fully saturated rings. The summed E-state index contributed by atoms with van der Waals surface area (Å²) in [5.41, 5.74) is 11.8. The van der Waals surface area contributed by atoms with Gasteiger partial charge < -0.3 is 11.5 Å². The van der Waals surface area contributed by atoms with Gasteiger partial charge in [-0.1, -0.05) is 34.6 Å². The fraction of sp³-hybridized carbons (Fsp3) is 1.00. The van der Waals surface area contributed by atoms with E-state index in [0.717, 1.165) is 0 Å². The monoisotopic (exact) mass is 158 g/mol. The first-order valence-corrected chi connectivity index (χ1v) is 4.19. The Morgan fingerprint density at radius 3 is 1.55 bits per heavy atom. The van der Waals surface area contributed by atoms with Crippen molar-refractivity contribution in [1.29, 1.82) is 0 Å². The highest BCUT2D eigenvalue weighted by molar-refractivity contribution is 4.91. The lowest BCUT2D eigenvalue weighted by Crippen LogP contribution is -2.50. The molecule has 4 N–H and O–H groups in total. The Bertz CT molecular complexity index is 122. The van der Waals surface area contributed by atoms with Crippen molar-refractivity contribution < 1.29 is 0 Å². The molecule has 2 nitrogen and oxygen atoms in total. The first-order valence-electron chi connectivity index (χ1n) is 4.19. The maximum absolute atomic E-state index is 5.91. The minimum absolute atomic E-state index is 0.0856. The standard InChI is InChI=1S/C9H22N2/c1-8(2,3)9(4,5)7(11)6-10/h7H,6,10-11H2,1-5H3. The van der Waals surface area contributed by atoms with Gasteiger partial charge in [-0.05, 0) is 10.8 Å². The number of hydrogen-bond donors (Lipinski definition) is 2. The van der Waals surface area contributed by atoms with Gasteiger partial charge in [-0.2, -0.15) is 0 Å². The summed E-state index contributed by atoms with van der Waals surface area (Å²) in [4.78, 5) is 0. The van der Waals surface area contributed by atoms with Gasteiger partial charge in [0.25, 0.3) is 0 Å². The molecule has 11 heavy (non-hydrogen) atoms. The van der Waals surface area contributed by atoms with E-state index in [1.807, 2.05) is 0 Å². The van der Waals surface area contributed by atoms with Crippen LogP contribution in [0, 0.1) is 10.8 Å². The lowest BCUT2D eigenvalue weighted by Gasteiger charge is -2.43. The van der Waals surface area contributed by atoms with Crippen LogP contribution < -0.4 is 11.5 Å². The number of nitrogens with two attached hydrogens (primary N) is 2. The van der Waals surface area contributed by atoms with Gasteiger partial charge in [-0.15, -0.1) is 0 Å². The average molecular weight is 158 g/mol. The van der Waals surface area contributed by atoms with E-state index in [2.05, 4.69) is 34.6 Å². The van der Waals surface area contributed by atoms with Crippen LogP contribution in [0.1, 0.15) is 34.6 Å². The van der Waals surface area contributed by atoms with Crippen molar-refractivity contribution in [3.8, 4) is 0 Å². The maximum atomic E-state index is 5.91. The minimum Gasteiger partial charge on any atom is -0.329 e. The number of hydrogen-bond acceptors (Lipinski definition) is 2. The third-order valence-corrected chi connectivity index (χ3v) is 3.11. The van der Waals surface area contributed by atoms with Crippen LogP contribution in [-0.2, 0) is 0 Å². The van der Waals surface area contributed by atoms with Gasteiger partial charge in [0.15, 0.2) is 0 Å². The summed E-state index contributed by atoms with van der Waals surface area (Å²) in [6.45, 7) is 11.5. The van der Waals surface area contributed by atoms with E-state index in [-0.39, 0.29) is 16.9 Å². The maximum Gasteiger partial charge on any atom is 0.0220 e. The van der Waals surface area contributed by atoms with Crippen molar-refractivity contribution in [2.75, 3.05) is 6.54 Å². The molecule has 0 aromatic carbocycles. The zero-order valence-electron chi connectivity index (χ0n) is 8.44. The topological polar surface area (TPSA) is 52.0 Å². The summed E-state index contributed by atoms with van der Waals surface area (Å²) < 4.78 is 0. The highest BCUT2D eigenvalue weighted by Crippen LogP contribution is 2.39. The molecule has 0 radical (unpaired) electrons. The molecule has 0 aromatic rings. The summed E-state index contributed by atoms with van der Waals surface area (Å²) in [6.07, 6.45) is 0. The quantitative estimate of drug-likeness (QED) is 0.637. The Balaban J connectivity index is 4.45. The van der Waals surface area contributed by atoms with Gasteiger partial charge in [-0.25, -0.2) is 0 Å². The normalized spacial score (nSPS) is 16.6. The zero-order valence-corrected chi connectivity index (χ0v) is 8.44. The van der Waals surface area contributed by atoms with Crippen LogP contribution >= 0.6 is 0 Å². The molecule has 0 spiro atoms. The van der Waals surface area contributed by atoms with Crippen molar-refractivity contribution in [3.05, 3.63) is 0 Å². The summed E-state index contributed by atoms with van der Waals surface area (Å²) in [5.74, 6) is 0. The van der Waals surface area contributed by atoms with Crippen LogP contribution in [0.2, 0.25) is 0 Å². The molecular weight excluding hydrogens is 136 g/mol. The Hall–Kier alpha value is -0.0800. The molecule has 0 aromatic heterocycles. The third-order valence-electron chi connectivity index (χ3n) is 3.11. The van der Waals surface area contributed by atoms with E-state index >= 15 is 0 Å². The first-order chi connectivity index (χ1) is 4.73. The molecule has 0 aliphatic heterocycles. The van der Waals surface area contributed by atoms with Gasteiger partial charge >= 0.3 is 0 Å². The molecule has 68 valence electrons. The van der Waals surface area contributed by atoms with Crippen molar-refractivity contribution in [2.24, 2.45) is 22.3 Å². The molecule has 0 rings (SSSR count). The molecule has 0 bridgehead atoms. The Kier molecular flexibility index (Phi) is 3.09. The van der Waals surface area contributed by atoms with Gasteiger partial charge in [-0.3, -0.25) is 0 Å². The van der Waals surface area contributed by atoms with E-state index in [0.29, 0.717) is 6.54 Å². The summed E-state index contributed by atoms with van der Waals surface area (Å²) in [5, 5.41) is 0. The van der Waals surface area contributed by atoms with E-state index in [9.17, 15) is 0 Å². The highest BCUT2D eigenvalue weighted by atomic mass is 14.8. The summed E-state index contributed by atoms with van der Waals surface area (Å²) >= 11 is 0. The summed E-state index contributed by atoms with van der Waals surface area (Å²) in [6, 6.07) is 0.0856. The minimum atomic E-state index is 0.0856. The molecule has 0 aliphatic carbocycles. The molecule has 1 atom stereocenters. The SMILES string of the molecule is CC(C)(C)C(C)(C)C(N)CN.